The van der Waals surface area contributed by atoms with Crippen LogP contribution >= 0.6 is 35.7 Å². The average Bonchev–Trinajstić information content (AvgIpc) is 3.34. The van der Waals surface area contributed by atoms with Crippen molar-refractivity contribution in [1.29, 1.82) is 5.26 Å². The highest BCUT2D eigenvalue weighted by Gasteiger charge is 2.24. The highest BCUT2D eigenvalue weighted by atomic mass is 127. The average molecular weight is 557 g/mol. The minimum atomic E-state index is -0.333. The highest BCUT2D eigenvalue weighted by molar-refractivity contribution is 14.0. The molecule has 1 aliphatic carbocycles. The van der Waals surface area contributed by atoms with Gasteiger partial charge in [0.15, 0.2) is 5.96 Å². The minimum absolute atomic E-state index is 0. The van der Waals surface area contributed by atoms with E-state index in [1.807, 2.05) is 11.8 Å². The van der Waals surface area contributed by atoms with Crippen molar-refractivity contribution in [3.8, 4) is 11.8 Å². The van der Waals surface area contributed by atoms with E-state index in [9.17, 15) is 9.65 Å². The van der Waals surface area contributed by atoms with E-state index in [4.69, 9.17) is 5.73 Å². The normalized spacial score (nSPS) is 18.3. The van der Waals surface area contributed by atoms with Crippen molar-refractivity contribution >= 4 is 47.5 Å². The fraction of sp³-hybridized carbons (Fsp3) is 0.476. The molecule has 0 spiro atoms. The lowest BCUT2D eigenvalue weighted by Crippen LogP contribution is -2.42. The van der Waals surface area contributed by atoms with Gasteiger partial charge < -0.3 is 16.4 Å². The zero-order valence-corrected chi connectivity index (χ0v) is 20.9. The molecule has 3 rings (SSSR count). The number of aromatic nitrogens is 2. The number of benzene rings is 1. The van der Waals surface area contributed by atoms with Crippen LogP contribution in [-0.4, -0.2) is 46.9 Å². The van der Waals surface area contributed by atoms with Crippen molar-refractivity contribution in [3.05, 3.63) is 41.3 Å². The molecular formula is C21H29FIN7S. The zero-order valence-electron chi connectivity index (χ0n) is 17.8. The smallest absolute Gasteiger partial charge is 0.191 e. The van der Waals surface area contributed by atoms with Crippen LogP contribution in [0.15, 0.2) is 29.3 Å². The Kier molecular flexibility index (Phi) is 9.90. The van der Waals surface area contributed by atoms with Gasteiger partial charge in [-0.05, 0) is 62.6 Å². The molecule has 2 aromatic rings. The number of nitrogen functional groups attached to an aromatic ring is 1. The van der Waals surface area contributed by atoms with Crippen LogP contribution in [0.4, 0.5) is 10.2 Å². The summed E-state index contributed by atoms with van der Waals surface area (Å²) in [4.78, 5) is 4.31. The van der Waals surface area contributed by atoms with Gasteiger partial charge in [-0.1, -0.05) is 0 Å². The number of aryl methyl sites for hydroxylation is 1. The molecule has 1 aliphatic rings. The lowest BCUT2D eigenvalue weighted by molar-refractivity contribution is 0.611. The first kappa shape index (κ1) is 25.3. The van der Waals surface area contributed by atoms with Gasteiger partial charge in [0.25, 0.3) is 0 Å². The second-order valence-corrected chi connectivity index (χ2v) is 8.46. The quantitative estimate of drug-likeness (QED) is 0.209. The maximum Gasteiger partial charge on any atom is 0.191 e. The van der Waals surface area contributed by atoms with E-state index in [0.717, 1.165) is 30.5 Å². The first-order valence-electron chi connectivity index (χ1n) is 10.1. The monoisotopic (exact) mass is 557 g/mol. The van der Waals surface area contributed by atoms with Gasteiger partial charge in [0, 0.05) is 24.9 Å². The van der Waals surface area contributed by atoms with E-state index in [-0.39, 0.29) is 35.6 Å². The van der Waals surface area contributed by atoms with Crippen LogP contribution in [-0.2, 0) is 6.42 Å². The summed E-state index contributed by atoms with van der Waals surface area (Å²) in [5.74, 6) is 0.743. The largest absolute Gasteiger partial charge is 0.382 e. The van der Waals surface area contributed by atoms with Gasteiger partial charge in [-0.3, -0.25) is 4.99 Å². The number of rotatable bonds is 7. The first-order chi connectivity index (χ1) is 14.5. The van der Waals surface area contributed by atoms with Crippen LogP contribution < -0.4 is 16.4 Å². The number of anilines is 1. The fourth-order valence-corrected chi connectivity index (χ4v) is 4.49. The molecule has 0 amide bonds. The number of nitrogens with zero attached hydrogens (tertiary/aromatic N) is 4. The van der Waals surface area contributed by atoms with Crippen molar-refractivity contribution in [2.75, 3.05) is 25.6 Å². The third kappa shape index (κ3) is 6.49. The molecule has 168 valence electrons. The van der Waals surface area contributed by atoms with Gasteiger partial charge >= 0.3 is 0 Å². The SMILES string of the molecule is CN=C(NCCCc1nn(-c2ccc(F)cc2)c(N)c1C#N)NC1CCC(SC)C1.I. The molecule has 0 bridgehead atoms. The predicted molar refractivity (Wildman–Crippen MR) is 136 cm³/mol. The van der Waals surface area contributed by atoms with Crippen molar-refractivity contribution in [1.82, 2.24) is 20.4 Å². The van der Waals surface area contributed by atoms with Crippen LogP contribution in [0.25, 0.3) is 5.69 Å². The molecule has 1 aromatic heterocycles. The number of hydrogen-bond donors (Lipinski definition) is 3. The number of guanidine groups is 1. The van der Waals surface area contributed by atoms with Crippen molar-refractivity contribution in [2.24, 2.45) is 4.99 Å². The van der Waals surface area contributed by atoms with Gasteiger partial charge in [0.1, 0.15) is 23.3 Å². The number of thioether (sulfide) groups is 1. The standard InChI is InChI=1S/C21H28FN7S.HI/c1-25-21(27-15-7-10-17(12-15)30-2)26-11-3-4-19-18(13-23)20(24)29(28-19)16-8-5-14(22)6-9-16;/h5-6,8-9,15,17H,3-4,7,10-12,24H2,1-2H3,(H2,25,26,27);1H. The number of hydrogen-bond acceptors (Lipinski definition) is 5. The molecule has 1 aromatic carbocycles. The fourth-order valence-electron chi connectivity index (χ4n) is 3.69. The zero-order chi connectivity index (χ0) is 21.5. The summed E-state index contributed by atoms with van der Waals surface area (Å²) < 4.78 is 14.7. The van der Waals surface area contributed by atoms with E-state index in [2.05, 4.69) is 33.0 Å². The van der Waals surface area contributed by atoms with Crippen LogP contribution in [0.2, 0.25) is 0 Å². The van der Waals surface area contributed by atoms with Crippen molar-refractivity contribution < 1.29 is 4.39 Å². The Morgan fingerprint density at radius 3 is 2.74 bits per heavy atom. The number of halogens is 2. The molecule has 1 heterocycles. The maximum atomic E-state index is 13.2. The minimum Gasteiger partial charge on any atom is -0.382 e. The van der Waals surface area contributed by atoms with Crippen molar-refractivity contribution in [2.45, 2.75) is 43.4 Å². The summed E-state index contributed by atoms with van der Waals surface area (Å²) in [5, 5.41) is 21.5. The molecule has 0 radical (unpaired) electrons. The summed E-state index contributed by atoms with van der Waals surface area (Å²) in [7, 11) is 1.77. The van der Waals surface area contributed by atoms with Crippen LogP contribution in [0.1, 0.15) is 36.9 Å². The van der Waals surface area contributed by atoms with Crippen LogP contribution in [0.3, 0.4) is 0 Å². The van der Waals surface area contributed by atoms with Crippen molar-refractivity contribution in [3.63, 3.8) is 0 Å². The summed E-state index contributed by atoms with van der Waals surface area (Å²) in [6.07, 6.45) is 7.10. The van der Waals surface area contributed by atoms with E-state index in [1.165, 1.54) is 23.2 Å². The van der Waals surface area contributed by atoms with Crippen LogP contribution in [0.5, 0.6) is 0 Å². The molecule has 1 fully saturated rings. The topological polar surface area (TPSA) is 104 Å². The van der Waals surface area contributed by atoms with E-state index in [0.29, 0.717) is 36.0 Å². The molecule has 10 heteroatoms. The molecule has 31 heavy (non-hydrogen) atoms. The van der Waals surface area contributed by atoms with Gasteiger partial charge in [0.2, 0.25) is 0 Å². The van der Waals surface area contributed by atoms with Gasteiger partial charge in [0.05, 0.1) is 11.4 Å². The number of nitrogens with one attached hydrogen (secondary N) is 2. The number of nitrogens with two attached hydrogens (primary N) is 1. The van der Waals surface area contributed by atoms with E-state index >= 15 is 0 Å². The van der Waals surface area contributed by atoms with Gasteiger partial charge in [-0.25, -0.2) is 9.07 Å². The Bertz CT molecular complexity index is 923. The lowest BCUT2D eigenvalue weighted by atomic mass is 10.1. The number of nitriles is 1. The third-order valence-electron chi connectivity index (χ3n) is 5.34. The molecule has 2 atom stereocenters. The second-order valence-electron chi connectivity index (χ2n) is 7.32. The Labute approximate surface area is 204 Å². The van der Waals surface area contributed by atoms with Crippen LogP contribution in [0, 0.1) is 17.1 Å². The molecule has 4 N–H and O–H groups in total. The number of aliphatic imine (C=N–C) groups is 1. The molecule has 0 aliphatic heterocycles. The Morgan fingerprint density at radius 1 is 1.39 bits per heavy atom. The van der Waals surface area contributed by atoms with E-state index in [1.54, 1.807) is 19.2 Å². The van der Waals surface area contributed by atoms with Gasteiger partial charge in [-0.15, -0.1) is 24.0 Å². The Morgan fingerprint density at radius 2 is 2.13 bits per heavy atom. The molecule has 1 saturated carbocycles. The Hall–Kier alpha value is -2.00. The second kappa shape index (κ2) is 12.1. The summed E-state index contributed by atoms with van der Waals surface area (Å²) >= 11 is 1.93. The summed E-state index contributed by atoms with van der Waals surface area (Å²) in [5.41, 5.74) is 7.75. The Balaban J connectivity index is 0.00000341. The molecule has 2 unspecified atom stereocenters. The maximum absolute atomic E-state index is 13.2. The molecule has 7 nitrogen and oxygen atoms in total. The first-order valence-corrected chi connectivity index (χ1v) is 11.4. The van der Waals surface area contributed by atoms with E-state index < -0.39 is 0 Å². The molecule has 0 saturated heterocycles. The third-order valence-corrected chi connectivity index (χ3v) is 6.44. The highest BCUT2D eigenvalue weighted by Crippen LogP contribution is 2.28. The lowest BCUT2D eigenvalue weighted by Gasteiger charge is -2.17. The van der Waals surface area contributed by atoms with Gasteiger partial charge in [-0.2, -0.15) is 22.1 Å². The predicted octanol–water partition coefficient (Wildman–Crippen LogP) is 3.46. The molecular weight excluding hydrogens is 528 g/mol. The summed E-state index contributed by atoms with van der Waals surface area (Å²) in [6, 6.07) is 8.47. The summed E-state index contributed by atoms with van der Waals surface area (Å²) in [6.45, 7) is 0.701.